The molecule has 5 N–H and O–H groups in total. The van der Waals surface area contributed by atoms with E-state index < -0.39 is 21.2 Å². The molecular weight excluding hydrogens is 2160 g/mol. The summed E-state index contributed by atoms with van der Waals surface area (Å²) in [6.07, 6.45) is -0.407. The Hall–Kier alpha value is -13.5. The number of hydrogen-bond acceptors (Lipinski definition) is 25. The lowest BCUT2D eigenvalue weighted by Crippen LogP contribution is -2.45. The molecule has 800 valence electrons. The van der Waals surface area contributed by atoms with E-state index in [4.69, 9.17) is 16.7 Å². The number of carbonyl (C=O) groups excluding carboxylic acids is 7. The van der Waals surface area contributed by atoms with Gasteiger partial charge in [0.2, 0.25) is 0 Å². The van der Waals surface area contributed by atoms with Crippen molar-refractivity contribution in [2.75, 3.05) is 151 Å². The number of nitro benzene ring substituents is 5. The SMILES string of the molecule is C.CCN(CC)C(=O)c1ccc(C(O)c2cccc([N+](=O)[O-])c2)cc1.CCN(CC)C(=O)c1ccc(C(c2cccc([N+](=O)[O-])c2)N2CCNCC2)cc1.CCN(CC)C(=O)c1ccc(I)cc1.CCN(CC)C(=O)c1ccc([C@@H](c2cccc([N+](=O)[O-])c2)N2CCNCC2)cc1.CCN(CC)C(=O)c1ccc([C@H](c2cccc([N+](=O)[O-])c2)N2CCNCC2)cc1.CCO.O=C(Cl)c1ccc(I)cc1.O=Cc1cccc([N+](=O)[O-])c1. The molecule has 5 amide bonds. The highest BCUT2D eigenvalue weighted by molar-refractivity contribution is 14.1. The summed E-state index contributed by atoms with van der Waals surface area (Å²) in [6.45, 7) is 38.8. The molecule has 4 atom stereocenters. The number of rotatable bonds is 33. The lowest BCUT2D eigenvalue weighted by Gasteiger charge is -2.35. The normalized spacial score (nSPS) is 13.3. The van der Waals surface area contributed by atoms with Gasteiger partial charge in [-0.05, 0) is 275 Å². The average Bonchev–Trinajstić information content (AvgIpc) is 0.798. The maximum atomic E-state index is 12.6. The summed E-state index contributed by atoms with van der Waals surface area (Å²) in [5, 5.41) is 82.4. The maximum Gasteiger partial charge on any atom is 0.270 e. The van der Waals surface area contributed by atoms with Crippen LogP contribution in [-0.4, -0.2) is 266 Å². The topological polar surface area (TPSA) is 438 Å². The number of aliphatic hydroxyl groups excluding tert-OH is 2. The predicted octanol–water partition coefficient (Wildman–Crippen LogP) is 19.9. The second-order valence-corrected chi connectivity index (χ2v) is 36.7. The second kappa shape index (κ2) is 66.2. The van der Waals surface area contributed by atoms with E-state index in [0.29, 0.717) is 103 Å². The van der Waals surface area contributed by atoms with E-state index in [1.54, 1.807) is 105 Å². The number of benzene rings is 11. The zero-order valence-corrected chi connectivity index (χ0v) is 90.9. The summed E-state index contributed by atoms with van der Waals surface area (Å²) in [7, 11) is 0. The molecule has 38 heteroatoms. The van der Waals surface area contributed by atoms with Crippen molar-refractivity contribution in [2.45, 2.75) is 108 Å². The number of amides is 5. The molecule has 3 heterocycles. The first-order valence-electron chi connectivity index (χ1n) is 49.5. The molecule has 35 nitrogen and oxygen atoms in total. The van der Waals surface area contributed by atoms with E-state index in [9.17, 15) is 89.2 Å². The molecular formula is C112H137ClI2N16O19. The molecule has 3 aliphatic rings. The first-order valence-corrected chi connectivity index (χ1v) is 52.1. The third kappa shape index (κ3) is 38.2. The van der Waals surface area contributed by atoms with Gasteiger partial charge in [0.15, 0.2) is 0 Å². The van der Waals surface area contributed by atoms with E-state index in [1.807, 2.05) is 202 Å². The maximum absolute atomic E-state index is 12.6. The minimum Gasteiger partial charge on any atom is -0.397 e. The van der Waals surface area contributed by atoms with Gasteiger partial charge in [-0.2, -0.15) is 0 Å². The number of nitrogens with zero attached hydrogens (tertiary/aromatic N) is 13. The quantitative estimate of drug-likeness (QED) is 0.00838. The van der Waals surface area contributed by atoms with Gasteiger partial charge in [-0.15, -0.1) is 0 Å². The minimum absolute atomic E-state index is 0. The van der Waals surface area contributed by atoms with Crippen molar-refractivity contribution >= 4 is 126 Å². The number of piperazine rings is 3. The zero-order valence-electron chi connectivity index (χ0n) is 85.8. The van der Waals surface area contributed by atoms with Crippen LogP contribution in [0.15, 0.2) is 267 Å². The largest absolute Gasteiger partial charge is 0.397 e. The summed E-state index contributed by atoms with van der Waals surface area (Å²) in [6, 6.07) is 76.2. The molecule has 11 aromatic rings. The molecule has 0 radical (unpaired) electrons. The first-order chi connectivity index (χ1) is 71.6. The lowest BCUT2D eigenvalue weighted by atomic mass is 9.95. The van der Waals surface area contributed by atoms with Crippen LogP contribution in [0.5, 0.6) is 0 Å². The van der Waals surface area contributed by atoms with E-state index >= 15 is 0 Å². The Bertz CT molecular complexity index is 5790. The molecule has 2 unspecified atom stereocenters. The van der Waals surface area contributed by atoms with Crippen LogP contribution in [0.4, 0.5) is 28.4 Å². The number of nitrogens with one attached hydrogen (secondary N) is 3. The number of carbonyl (C=O) groups is 7. The Kier molecular flexibility index (Phi) is 55.2. The number of aliphatic hydroxyl groups is 2. The van der Waals surface area contributed by atoms with Crippen molar-refractivity contribution in [3.05, 3.63) is 408 Å². The molecule has 0 spiro atoms. The first kappa shape index (κ1) is 125. The van der Waals surface area contributed by atoms with Crippen LogP contribution < -0.4 is 16.0 Å². The third-order valence-electron chi connectivity index (χ3n) is 24.7. The summed E-state index contributed by atoms with van der Waals surface area (Å²) in [4.78, 5) is 151. The summed E-state index contributed by atoms with van der Waals surface area (Å²) < 4.78 is 2.25. The molecule has 11 aromatic carbocycles. The number of halogens is 3. The Labute approximate surface area is 909 Å². The van der Waals surface area contributed by atoms with Gasteiger partial charge in [0.25, 0.3) is 63.2 Å². The summed E-state index contributed by atoms with van der Waals surface area (Å²) >= 11 is 9.61. The third-order valence-corrected chi connectivity index (χ3v) is 26.3. The smallest absolute Gasteiger partial charge is 0.270 e. The summed E-state index contributed by atoms with van der Waals surface area (Å²) in [5.41, 5.74) is 11.1. The van der Waals surface area contributed by atoms with Gasteiger partial charge < -0.3 is 50.7 Å². The van der Waals surface area contributed by atoms with Crippen molar-refractivity contribution < 1.29 is 68.4 Å². The van der Waals surface area contributed by atoms with Gasteiger partial charge in [0.1, 0.15) is 12.4 Å². The predicted molar refractivity (Wildman–Crippen MR) is 604 cm³/mol. The van der Waals surface area contributed by atoms with Crippen molar-refractivity contribution in [1.29, 1.82) is 0 Å². The fraction of sp³-hybridized carbons (Fsp3) is 0.348. The van der Waals surface area contributed by atoms with E-state index in [2.05, 4.69) is 75.8 Å². The van der Waals surface area contributed by atoms with Crippen LogP contribution in [0.2, 0.25) is 0 Å². The van der Waals surface area contributed by atoms with Crippen LogP contribution in [0.3, 0.4) is 0 Å². The molecule has 3 aliphatic heterocycles. The fourth-order valence-electron chi connectivity index (χ4n) is 16.7. The number of hydrogen-bond donors (Lipinski definition) is 5. The molecule has 14 rings (SSSR count). The van der Waals surface area contributed by atoms with Crippen molar-refractivity contribution in [3.63, 3.8) is 0 Å². The Balaban J connectivity index is 0.000000273. The van der Waals surface area contributed by atoms with Crippen molar-refractivity contribution in [3.8, 4) is 0 Å². The van der Waals surface area contributed by atoms with E-state index in [-0.39, 0.29) is 105 Å². The Morgan fingerprint density at radius 2 is 0.520 bits per heavy atom. The van der Waals surface area contributed by atoms with Crippen molar-refractivity contribution in [1.82, 2.24) is 55.1 Å². The monoisotopic (exact) mass is 2300 g/mol. The molecule has 0 aromatic heterocycles. The number of nitro groups is 5. The molecule has 150 heavy (non-hydrogen) atoms. The Morgan fingerprint density at radius 1 is 0.320 bits per heavy atom. The average molecular weight is 2300 g/mol. The Morgan fingerprint density at radius 3 is 0.740 bits per heavy atom. The van der Waals surface area contributed by atoms with Crippen LogP contribution >= 0.6 is 56.8 Å². The van der Waals surface area contributed by atoms with E-state index in [0.717, 1.165) is 138 Å². The molecule has 0 bridgehead atoms. The fourth-order valence-corrected chi connectivity index (χ4v) is 17.5. The van der Waals surface area contributed by atoms with Crippen LogP contribution in [-0.2, 0) is 0 Å². The number of aldehydes is 1. The van der Waals surface area contributed by atoms with Crippen LogP contribution in [0.25, 0.3) is 0 Å². The number of non-ortho nitro benzene ring substituents is 5. The van der Waals surface area contributed by atoms with Crippen LogP contribution in [0.1, 0.15) is 225 Å². The second-order valence-electron chi connectivity index (χ2n) is 33.8. The van der Waals surface area contributed by atoms with Gasteiger partial charge in [-0.25, -0.2) is 0 Å². The molecule has 3 fully saturated rings. The highest BCUT2D eigenvalue weighted by Crippen LogP contribution is 2.37. The highest BCUT2D eigenvalue weighted by Gasteiger charge is 2.31. The van der Waals surface area contributed by atoms with Gasteiger partial charge in [0, 0.05) is 257 Å². The van der Waals surface area contributed by atoms with Gasteiger partial charge in [0.05, 0.1) is 42.7 Å². The molecule has 3 saturated heterocycles. The standard InChI is InChI=1S/3C22H28N4O3.C18H20N2O4.C11H14INO.C7H4ClIO.C7H5NO3.C2H6O.CH4/c3*1-3-24(4-2)22(27)18-10-8-17(9-11-18)21(25-14-12-23-13-15-25)19-6-5-7-20(16-19)26(28)29;1-3-19(4-2)18(22)14-10-8-13(9-11-14)17(21)15-6-5-7-16(12-15)20(23)24;1-3-13(4-2)11(14)9-5-7-10(12)8-6-9;8-7(10)5-1-3-6(9)4-2-5;9-5-6-2-1-3-7(4-6)8(10)11;1-2-3;/h3*5-11,16,21,23H,3-4,12-15H2,1-2H3;5-12,17,21H,3-4H2,1-2H3;5-8H,3-4H2,1-2H3;1-4H;1-5H;3H,2H2,1H3;1H4/t2*21-;;;;;;;/m10......./s1. The lowest BCUT2D eigenvalue weighted by molar-refractivity contribution is -0.385. The van der Waals surface area contributed by atoms with E-state index in [1.165, 1.54) is 60.7 Å². The minimum atomic E-state index is -0.984. The molecule has 0 aliphatic carbocycles. The summed E-state index contributed by atoms with van der Waals surface area (Å²) in [5.74, 6) is 0.129. The van der Waals surface area contributed by atoms with Gasteiger partial charge >= 0.3 is 0 Å². The van der Waals surface area contributed by atoms with Crippen LogP contribution in [0, 0.1) is 57.7 Å². The van der Waals surface area contributed by atoms with Gasteiger partial charge in [-0.3, -0.25) is 98.8 Å². The van der Waals surface area contributed by atoms with Gasteiger partial charge in [-0.1, -0.05) is 117 Å². The van der Waals surface area contributed by atoms with Crippen molar-refractivity contribution in [2.24, 2.45) is 0 Å². The zero-order chi connectivity index (χ0) is 109. The molecule has 0 saturated carbocycles. The highest BCUT2D eigenvalue weighted by atomic mass is 127.